The maximum absolute atomic E-state index is 6.59. The van der Waals surface area contributed by atoms with Gasteiger partial charge in [-0.15, -0.1) is 0 Å². The molecule has 0 atom stereocenters. The van der Waals surface area contributed by atoms with Crippen LogP contribution in [0.4, 0.5) is 17.1 Å². The summed E-state index contributed by atoms with van der Waals surface area (Å²) in [4.78, 5) is 2.37. The monoisotopic (exact) mass is 713 g/mol. The van der Waals surface area contributed by atoms with Crippen molar-refractivity contribution in [3.8, 4) is 33.4 Å². The average molecular weight is 714 g/mol. The molecule has 0 aliphatic rings. The molecule has 0 saturated carbocycles. The van der Waals surface area contributed by atoms with Gasteiger partial charge in [0, 0.05) is 33.2 Å². The highest BCUT2D eigenvalue weighted by atomic mass is 16.3. The fraction of sp³-hybridized carbons (Fsp3) is 0. The number of hydrogen-bond donors (Lipinski definition) is 0. The maximum atomic E-state index is 6.59. The van der Waals surface area contributed by atoms with Gasteiger partial charge in [0.05, 0.1) is 0 Å². The van der Waals surface area contributed by atoms with Gasteiger partial charge in [0.1, 0.15) is 11.2 Å². The van der Waals surface area contributed by atoms with Gasteiger partial charge in [0.25, 0.3) is 0 Å². The molecule has 10 aromatic carbocycles. The highest BCUT2D eigenvalue weighted by Crippen LogP contribution is 2.42. The summed E-state index contributed by atoms with van der Waals surface area (Å²) in [5.41, 5.74) is 12.2. The van der Waals surface area contributed by atoms with Crippen molar-refractivity contribution in [1.82, 2.24) is 0 Å². The Kier molecular flexibility index (Phi) is 7.53. The van der Waals surface area contributed by atoms with Gasteiger partial charge in [-0.05, 0) is 115 Å². The number of anilines is 3. The quantitative estimate of drug-likeness (QED) is 0.160. The van der Waals surface area contributed by atoms with Gasteiger partial charge in [-0.25, -0.2) is 0 Å². The van der Waals surface area contributed by atoms with Crippen molar-refractivity contribution in [1.29, 1.82) is 0 Å². The highest BCUT2D eigenvalue weighted by molar-refractivity contribution is 6.19. The summed E-state index contributed by atoms with van der Waals surface area (Å²) >= 11 is 0. The van der Waals surface area contributed by atoms with E-state index in [9.17, 15) is 0 Å². The Morgan fingerprint density at radius 2 is 0.875 bits per heavy atom. The molecule has 0 amide bonds. The zero-order valence-corrected chi connectivity index (χ0v) is 30.6. The normalized spacial score (nSPS) is 11.6. The second-order valence-corrected chi connectivity index (χ2v) is 14.5. The molecular weight excluding hydrogens is 679 g/mol. The van der Waals surface area contributed by atoms with Crippen LogP contribution in [0.3, 0.4) is 0 Å². The molecule has 0 unspecified atom stereocenters. The van der Waals surface area contributed by atoms with Crippen LogP contribution in [0.5, 0.6) is 0 Å². The first-order valence-electron chi connectivity index (χ1n) is 19.2. The van der Waals surface area contributed by atoms with Crippen molar-refractivity contribution in [3.05, 3.63) is 212 Å². The van der Waals surface area contributed by atoms with Crippen LogP contribution in [0.2, 0.25) is 0 Å². The highest BCUT2D eigenvalue weighted by Gasteiger charge is 2.18. The Labute approximate surface area is 325 Å². The minimum absolute atomic E-state index is 0.893. The van der Waals surface area contributed by atoms with Gasteiger partial charge in [0.15, 0.2) is 0 Å². The van der Waals surface area contributed by atoms with E-state index in [2.05, 4.69) is 217 Å². The third-order valence-electron chi connectivity index (χ3n) is 11.2. The van der Waals surface area contributed by atoms with Crippen molar-refractivity contribution in [2.24, 2.45) is 0 Å². The molecule has 11 aromatic rings. The predicted molar refractivity (Wildman–Crippen MR) is 237 cm³/mol. The molecule has 0 bridgehead atoms. The molecule has 2 heteroatoms. The molecule has 0 spiro atoms. The molecule has 0 fully saturated rings. The molecular formula is C54H35NO. The summed E-state index contributed by atoms with van der Waals surface area (Å²) in [7, 11) is 0. The van der Waals surface area contributed by atoms with Crippen LogP contribution in [-0.4, -0.2) is 0 Å². The van der Waals surface area contributed by atoms with Crippen LogP contribution in [0.1, 0.15) is 0 Å². The van der Waals surface area contributed by atoms with Crippen LogP contribution >= 0.6 is 0 Å². The molecule has 11 rings (SSSR count). The van der Waals surface area contributed by atoms with Crippen LogP contribution in [0.25, 0.3) is 87.6 Å². The van der Waals surface area contributed by atoms with E-state index in [1.54, 1.807) is 0 Å². The number of hydrogen-bond acceptors (Lipinski definition) is 2. The number of benzene rings is 10. The lowest BCUT2D eigenvalue weighted by molar-refractivity contribution is 0.673. The minimum atomic E-state index is 0.893. The van der Waals surface area contributed by atoms with Gasteiger partial charge in [-0.1, -0.05) is 158 Å². The van der Waals surface area contributed by atoms with Crippen molar-refractivity contribution in [3.63, 3.8) is 0 Å². The van der Waals surface area contributed by atoms with Gasteiger partial charge < -0.3 is 9.32 Å². The first-order chi connectivity index (χ1) is 27.7. The maximum Gasteiger partial charge on any atom is 0.143 e. The molecule has 262 valence electrons. The molecule has 56 heavy (non-hydrogen) atoms. The summed E-state index contributed by atoms with van der Waals surface area (Å²) in [5, 5.41) is 9.56. The molecule has 0 aliphatic carbocycles. The smallest absolute Gasteiger partial charge is 0.143 e. The van der Waals surface area contributed by atoms with Crippen LogP contribution in [0.15, 0.2) is 217 Å². The van der Waals surface area contributed by atoms with Crippen molar-refractivity contribution < 1.29 is 4.42 Å². The zero-order valence-electron chi connectivity index (χ0n) is 30.6. The van der Waals surface area contributed by atoms with E-state index < -0.39 is 0 Å². The first kappa shape index (κ1) is 32.0. The molecule has 0 saturated heterocycles. The fourth-order valence-electron chi connectivity index (χ4n) is 8.48. The van der Waals surface area contributed by atoms with Gasteiger partial charge in [-0.2, -0.15) is 0 Å². The summed E-state index contributed by atoms with van der Waals surface area (Å²) < 4.78 is 6.59. The largest absolute Gasteiger partial charge is 0.455 e. The zero-order chi connectivity index (χ0) is 37.0. The third-order valence-corrected chi connectivity index (χ3v) is 11.2. The van der Waals surface area contributed by atoms with Gasteiger partial charge in [-0.3, -0.25) is 0 Å². The van der Waals surface area contributed by atoms with Crippen LogP contribution in [0, 0.1) is 0 Å². The van der Waals surface area contributed by atoms with Crippen molar-refractivity contribution >= 4 is 71.3 Å². The summed E-state index contributed by atoms with van der Waals surface area (Å²) in [6.45, 7) is 0. The number of nitrogens with zero attached hydrogens (tertiary/aromatic N) is 1. The van der Waals surface area contributed by atoms with E-state index >= 15 is 0 Å². The Morgan fingerprint density at radius 3 is 1.70 bits per heavy atom. The van der Waals surface area contributed by atoms with Crippen LogP contribution < -0.4 is 4.90 Å². The van der Waals surface area contributed by atoms with Gasteiger partial charge >= 0.3 is 0 Å². The molecule has 0 radical (unpaired) electrons. The Bertz CT molecular complexity index is 3230. The van der Waals surface area contributed by atoms with Gasteiger partial charge in [0.2, 0.25) is 0 Å². The topological polar surface area (TPSA) is 16.4 Å². The van der Waals surface area contributed by atoms with E-state index in [0.717, 1.165) is 55.5 Å². The fourth-order valence-corrected chi connectivity index (χ4v) is 8.48. The van der Waals surface area contributed by atoms with Crippen molar-refractivity contribution in [2.45, 2.75) is 0 Å². The van der Waals surface area contributed by atoms with E-state index in [1.165, 1.54) is 49.2 Å². The molecule has 0 aliphatic heterocycles. The Morgan fingerprint density at radius 1 is 0.286 bits per heavy atom. The molecule has 0 N–H and O–H groups in total. The summed E-state index contributed by atoms with van der Waals surface area (Å²) in [5.74, 6) is 0. The minimum Gasteiger partial charge on any atom is -0.455 e. The average Bonchev–Trinajstić information content (AvgIpc) is 3.65. The Hall–Kier alpha value is -7.42. The predicted octanol–water partition coefficient (Wildman–Crippen LogP) is 15.5. The number of rotatable bonds is 6. The van der Waals surface area contributed by atoms with E-state index in [-0.39, 0.29) is 0 Å². The van der Waals surface area contributed by atoms with Crippen molar-refractivity contribution in [2.75, 3.05) is 4.90 Å². The lowest BCUT2D eigenvalue weighted by Gasteiger charge is -2.27. The SMILES string of the molecule is c1ccc(-c2cccc(N(c3ccc(-c4ccc5oc6c7ccccc7c(-c7ccccc7)cc6c5c4)cc3)c3ccc4c(ccc5ccccc54)c3)c2)cc1. The lowest BCUT2D eigenvalue weighted by Crippen LogP contribution is -2.10. The standard InChI is InChI=1S/C54H35NO/c1-3-12-36(13-4-1)40-17-11-18-44(32-40)55(45-29-30-47-42(33-45)23-22-39-16-7-8-19-46(39)47)43-27-24-37(25-28-43)41-26-31-53-51(34-41)52-35-50(38-14-5-2-6-15-38)48-20-9-10-21-49(48)54(52)56-53/h1-35H. The second-order valence-electron chi connectivity index (χ2n) is 14.5. The summed E-state index contributed by atoms with van der Waals surface area (Å²) in [6, 6.07) is 76.4. The van der Waals surface area contributed by atoms with E-state index in [4.69, 9.17) is 4.42 Å². The van der Waals surface area contributed by atoms with E-state index in [0.29, 0.717) is 0 Å². The second kappa shape index (κ2) is 13.2. The molecule has 1 heterocycles. The lowest BCUT2D eigenvalue weighted by atomic mass is 9.95. The van der Waals surface area contributed by atoms with Crippen LogP contribution in [-0.2, 0) is 0 Å². The number of fused-ring (bicyclic) bond motifs is 8. The third kappa shape index (κ3) is 5.42. The Balaban J connectivity index is 1.03. The first-order valence-corrected chi connectivity index (χ1v) is 19.2. The molecule has 2 nitrogen and oxygen atoms in total. The molecule has 1 aromatic heterocycles. The number of furan rings is 1. The van der Waals surface area contributed by atoms with E-state index in [1.807, 2.05) is 0 Å². The summed E-state index contributed by atoms with van der Waals surface area (Å²) in [6.07, 6.45) is 0.